The molecule has 2 aromatic rings. The summed E-state index contributed by atoms with van der Waals surface area (Å²) in [6.07, 6.45) is 1.12. The fourth-order valence-electron chi connectivity index (χ4n) is 1.97. The summed E-state index contributed by atoms with van der Waals surface area (Å²) in [5, 5.41) is 0. The molecule has 3 heteroatoms. The van der Waals surface area contributed by atoms with Crippen molar-refractivity contribution in [2.24, 2.45) is 0 Å². The number of aromatic amines is 1. The summed E-state index contributed by atoms with van der Waals surface area (Å²) in [6, 6.07) is 11.6. The van der Waals surface area contributed by atoms with Crippen LogP contribution < -0.4 is 11.3 Å². The lowest BCUT2D eigenvalue weighted by molar-refractivity contribution is 0.734. The van der Waals surface area contributed by atoms with Gasteiger partial charge in [0.2, 0.25) is 5.56 Å². The summed E-state index contributed by atoms with van der Waals surface area (Å²) in [5.74, 6) is 0.951. The van der Waals surface area contributed by atoms with Crippen molar-refractivity contribution in [1.29, 1.82) is 0 Å². The molecular weight excluding hydrogens is 224 g/mol. The van der Waals surface area contributed by atoms with E-state index in [0.717, 1.165) is 17.5 Å². The summed E-state index contributed by atoms with van der Waals surface area (Å²) in [7, 11) is 0. The van der Waals surface area contributed by atoms with Crippen molar-refractivity contribution in [1.82, 2.24) is 4.98 Å². The van der Waals surface area contributed by atoms with E-state index in [2.05, 4.69) is 31.0 Å². The Labute approximate surface area is 107 Å². The molecule has 0 aliphatic rings. The molecule has 2 rings (SSSR count). The van der Waals surface area contributed by atoms with Crippen LogP contribution in [-0.2, 0) is 0 Å². The molecule has 0 aliphatic heterocycles. The van der Waals surface area contributed by atoms with Crippen molar-refractivity contribution >= 4 is 5.82 Å². The van der Waals surface area contributed by atoms with E-state index in [1.807, 2.05) is 12.1 Å². The summed E-state index contributed by atoms with van der Waals surface area (Å²) in [5.41, 5.74) is 8.66. The van der Waals surface area contributed by atoms with Gasteiger partial charge in [-0.2, -0.15) is 0 Å². The second kappa shape index (κ2) is 5.08. The molecule has 0 saturated carbocycles. The monoisotopic (exact) mass is 242 g/mol. The van der Waals surface area contributed by atoms with Crippen LogP contribution in [0.1, 0.15) is 31.7 Å². The number of aromatic nitrogens is 1. The first kappa shape index (κ1) is 12.4. The third-order valence-electron chi connectivity index (χ3n) is 3.29. The van der Waals surface area contributed by atoms with Crippen LogP contribution >= 0.6 is 0 Å². The molecule has 3 N–H and O–H groups in total. The molecule has 18 heavy (non-hydrogen) atoms. The van der Waals surface area contributed by atoms with Crippen LogP contribution in [0.4, 0.5) is 5.82 Å². The van der Waals surface area contributed by atoms with Crippen LogP contribution in [-0.4, -0.2) is 4.98 Å². The van der Waals surface area contributed by atoms with Gasteiger partial charge >= 0.3 is 0 Å². The molecule has 94 valence electrons. The minimum absolute atomic E-state index is 0.170. The number of nitrogens with two attached hydrogens (primary N) is 1. The third kappa shape index (κ3) is 2.62. The zero-order valence-electron chi connectivity index (χ0n) is 10.7. The maximum Gasteiger partial charge on any atom is 0.250 e. The molecule has 1 aromatic carbocycles. The Morgan fingerprint density at radius 2 is 1.83 bits per heavy atom. The van der Waals surface area contributed by atoms with Crippen LogP contribution in [0.15, 0.2) is 41.2 Å². The summed E-state index contributed by atoms with van der Waals surface area (Å²) >= 11 is 0. The van der Waals surface area contributed by atoms with Gasteiger partial charge in [-0.1, -0.05) is 38.1 Å². The predicted molar refractivity (Wildman–Crippen MR) is 75.6 cm³/mol. The number of H-pyrrole nitrogens is 1. The Kier molecular flexibility index (Phi) is 3.51. The fourth-order valence-corrected chi connectivity index (χ4v) is 1.97. The first-order valence-electron chi connectivity index (χ1n) is 6.20. The van der Waals surface area contributed by atoms with Gasteiger partial charge in [0.1, 0.15) is 5.82 Å². The van der Waals surface area contributed by atoms with Gasteiger partial charge in [0.15, 0.2) is 0 Å². The molecule has 1 aromatic heterocycles. The van der Waals surface area contributed by atoms with E-state index in [1.165, 1.54) is 5.56 Å². The lowest BCUT2D eigenvalue weighted by Gasteiger charge is -2.10. The van der Waals surface area contributed by atoms with Gasteiger partial charge < -0.3 is 10.7 Å². The zero-order valence-corrected chi connectivity index (χ0v) is 10.7. The van der Waals surface area contributed by atoms with E-state index >= 15 is 0 Å². The topological polar surface area (TPSA) is 58.9 Å². The number of nitrogens with one attached hydrogen (secondary N) is 1. The highest BCUT2D eigenvalue weighted by atomic mass is 16.1. The van der Waals surface area contributed by atoms with Crippen LogP contribution in [0, 0.1) is 0 Å². The molecule has 0 aliphatic carbocycles. The Bertz CT molecular complexity index is 584. The van der Waals surface area contributed by atoms with Gasteiger partial charge in [0.05, 0.1) is 0 Å². The number of hydrogen-bond acceptors (Lipinski definition) is 2. The number of rotatable bonds is 3. The van der Waals surface area contributed by atoms with Gasteiger partial charge in [-0.3, -0.25) is 4.79 Å². The van der Waals surface area contributed by atoms with Crippen molar-refractivity contribution in [3.05, 3.63) is 52.3 Å². The highest BCUT2D eigenvalue weighted by Gasteiger charge is 2.04. The molecule has 1 atom stereocenters. The number of benzene rings is 1. The molecule has 0 spiro atoms. The number of nitrogen functional groups attached to an aromatic ring is 1. The predicted octanol–water partition coefficient (Wildman–Crippen LogP) is 3.14. The van der Waals surface area contributed by atoms with E-state index in [-0.39, 0.29) is 5.56 Å². The molecule has 0 bridgehead atoms. The van der Waals surface area contributed by atoms with Crippen LogP contribution in [0.3, 0.4) is 0 Å². The summed E-state index contributed by atoms with van der Waals surface area (Å²) in [4.78, 5) is 13.9. The van der Waals surface area contributed by atoms with Crippen molar-refractivity contribution in [3.63, 3.8) is 0 Å². The number of hydrogen-bond donors (Lipinski definition) is 2. The van der Waals surface area contributed by atoms with Crippen LogP contribution in [0.2, 0.25) is 0 Å². The summed E-state index contributed by atoms with van der Waals surface area (Å²) < 4.78 is 0. The molecule has 0 radical (unpaired) electrons. The lowest BCUT2D eigenvalue weighted by Crippen LogP contribution is -2.07. The van der Waals surface area contributed by atoms with Crippen molar-refractivity contribution in [2.45, 2.75) is 26.2 Å². The molecule has 0 fully saturated rings. The minimum Gasteiger partial charge on any atom is -0.385 e. The average molecular weight is 242 g/mol. The molecule has 3 nitrogen and oxygen atoms in total. The largest absolute Gasteiger partial charge is 0.385 e. The molecule has 1 unspecified atom stereocenters. The van der Waals surface area contributed by atoms with E-state index in [1.54, 1.807) is 12.1 Å². The smallest absolute Gasteiger partial charge is 0.250 e. The van der Waals surface area contributed by atoms with Gasteiger partial charge in [-0.05, 0) is 35.1 Å². The number of pyridine rings is 1. The zero-order chi connectivity index (χ0) is 13.1. The summed E-state index contributed by atoms with van der Waals surface area (Å²) in [6.45, 7) is 4.39. The Morgan fingerprint density at radius 1 is 1.17 bits per heavy atom. The SMILES string of the molecule is CCC(C)c1ccc(-c2cc(N)[nH]c(=O)c2)cc1. The molecule has 0 saturated heterocycles. The standard InChI is InChI=1S/C15H18N2O/c1-3-10(2)11-4-6-12(7-5-11)13-8-14(16)17-15(18)9-13/h4-10H,3H2,1-2H3,(H3,16,17,18). The third-order valence-corrected chi connectivity index (χ3v) is 3.29. The highest BCUT2D eigenvalue weighted by Crippen LogP contribution is 2.23. The van der Waals surface area contributed by atoms with Gasteiger partial charge in [-0.25, -0.2) is 0 Å². The van der Waals surface area contributed by atoms with E-state index in [4.69, 9.17) is 5.73 Å². The van der Waals surface area contributed by atoms with E-state index < -0.39 is 0 Å². The Hall–Kier alpha value is -2.03. The minimum atomic E-state index is -0.170. The van der Waals surface area contributed by atoms with Crippen molar-refractivity contribution in [3.8, 4) is 11.1 Å². The Balaban J connectivity index is 2.37. The first-order valence-corrected chi connectivity index (χ1v) is 6.20. The van der Waals surface area contributed by atoms with Crippen molar-refractivity contribution in [2.75, 3.05) is 5.73 Å². The van der Waals surface area contributed by atoms with Crippen LogP contribution in [0.5, 0.6) is 0 Å². The second-order valence-electron chi connectivity index (χ2n) is 4.62. The normalized spacial score (nSPS) is 12.3. The lowest BCUT2D eigenvalue weighted by atomic mass is 9.96. The highest BCUT2D eigenvalue weighted by molar-refractivity contribution is 5.65. The first-order chi connectivity index (χ1) is 8.60. The average Bonchev–Trinajstić information content (AvgIpc) is 2.37. The maximum atomic E-state index is 11.4. The number of anilines is 1. The van der Waals surface area contributed by atoms with Gasteiger partial charge in [0, 0.05) is 6.07 Å². The molecule has 0 amide bonds. The Morgan fingerprint density at radius 3 is 2.39 bits per heavy atom. The molecular formula is C15H18N2O. The van der Waals surface area contributed by atoms with E-state index in [0.29, 0.717) is 11.7 Å². The van der Waals surface area contributed by atoms with E-state index in [9.17, 15) is 4.79 Å². The van der Waals surface area contributed by atoms with Crippen molar-refractivity contribution < 1.29 is 0 Å². The fraction of sp³-hybridized carbons (Fsp3) is 0.267. The quantitative estimate of drug-likeness (QED) is 0.868. The van der Waals surface area contributed by atoms with Crippen LogP contribution in [0.25, 0.3) is 11.1 Å². The maximum absolute atomic E-state index is 11.4. The van der Waals surface area contributed by atoms with Gasteiger partial charge in [-0.15, -0.1) is 0 Å². The van der Waals surface area contributed by atoms with Gasteiger partial charge in [0.25, 0.3) is 0 Å². The second-order valence-corrected chi connectivity index (χ2v) is 4.62. The molecule has 1 heterocycles.